The average molecular weight is 381 g/mol. The fourth-order valence-corrected chi connectivity index (χ4v) is 3.63. The molecule has 0 bridgehead atoms. The van der Waals surface area contributed by atoms with Gasteiger partial charge in [0, 0.05) is 32.2 Å². The Balaban J connectivity index is 1.56. The molecular formula is C19H23N7O2. The van der Waals surface area contributed by atoms with Gasteiger partial charge in [0.2, 0.25) is 5.91 Å². The molecule has 4 rings (SSSR count). The third kappa shape index (κ3) is 3.36. The lowest BCUT2D eigenvalue weighted by atomic mass is 10.0. The number of carbonyl (C=O) groups excluding carboxylic acids is 1. The zero-order chi connectivity index (χ0) is 19.5. The number of methoxy groups -OCH3 is 1. The Morgan fingerprint density at radius 2 is 2.18 bits per heavy atom. The minimum Gasteiger partial charge on any atom is -0.496 e. The topological polar surface area (TPSA) is 99.3 Å². The standard InChI is InChI=1S/C19H23N7O2/c1-25(19-17-18(22-11-21-17)23-12-24-19)10-16(27)26-8-7-20-9-14(26)13-5-3-4-6-15(13)28-2/h3-6,11-12,14,20H,7-10H2,1-2H3,(H,21,22,23,24). The van der Waals surface area contributed by atoms with Crippen molar-refractivity contribution in [3.63, 3.8) is 0 Å². The molecule has 1 aromatic carbocycles. The molecule has 1 atom stereocenters. The maximum atomic E-state index is 13.2. The van der Waals surface area contributed by atoms with Crippen LogP contribution in [-0.4, -0.2) is 71.1 Å². The number of fused-ring (bicyclic) bond motifs is 1. The minimum absolute atomic E-state index is 0.0335. The van der Waals surface area contributed by atoms with Crippen LogP contribution < -0.4 is 15.0 Å². The number of amides is 1. The van der Waals surface area contributed by atoms with Crippen LogP contribution >= 0.6 is 0 Å². The number of likely N-dealkylation sites (N-methyl/N-ethyl adjacent to an activating group) is 1. The molecule has 9 nitrogen and oxygen atoms in total. The third-order valence-corrected chi connectivity index (χ3v) is 5.00. The molecule has 1 amide bonds. The summed E-state index contributed by atoms with van der Waals surface area (Å²) in [6, 6.07) is 7.76. The second-order valence-electron chi connectivity index (χ2n) is 6.70. The molecule has 2 aromatic heterocycles. The van der Waals surface area contributed by atoms with Crippen molar-refractivity contribution in [3.05, 3.63) is 42.5 Å². The quantitative estimate of drug-likeness (QED) is 0.679. The summed E-state index contributed by atoms with van der Waals surface area (Å²) in [5.74, 6) is 1.48. The molecule has 28 heavy (non-hydrogen) atoms. The van der Waals surface area contributed by atoms with Gasteiger partial charge < -0.3 is 24.8 Å². The van der Waals surface area contributed by atoms with Crippen LogP contribution in [0.25, 0.3) is 11.2 Å². The van der Waals surface area contributed by atoms with Crippen molar-refractivity contribution in [3.8, 4) is 5.75 Å². The molecule has 3 aromatic rings. The van der Waals surface area contributed by atoms with Gasteiger partial charge in [-0.15, -0.1) is 0 Å². The largest absolute Gasteiger partial charge is 0.496 e. The number of aromatic nitrogens is 4. The lowest BCUT2D eigenvalue weighted by molar-refractivity contribution is -0.133. The highest BCUT2D eigenvalue weighted by molar-refractivity contribution is 5.87. The number of anilines is 1. The molecule has 1 unspecified atom stereocenters. The number of carbonyl (C=O) groups is 1. The van der Waals surface area contributed by atoms with Crippen molar-refractivity contribution in [1.82, 2.24) is 30.2 Å². The highest BCUT2D eigenvalue weighted by Gasteiger charge is 2.30. The number of H-pyrrole nitrogens is 1. The predicted molar refractivity (Wildman–Crippen MR) is 105 cm³/mol. The van der Waals surface area contributed by atoms with Gasteiger partial charge in [0.05, 0.1) is 26.0 Å². The number of nitrogens with one attached hydrogen (secondary N) is 2. The minimum atomic E-state index is -0.0802. The van der Waals surface area contributed by atoms with Gasteiger partial charge in [-0.2, -0.15) is 0 Å². The average Bonchev–Trinajstić information content (AvgIpc) is 3.22. The summed E-state index contributed by atoms with van der Waals surface area (Å²) in [4.78, 5) is 32.6. The van der Waals surface area contributed by atoms with Gasteiger partial charge in [0.25, 0.3) is 0 Å². The van der Waals surface area contributed by atoms with E-state index < -0.39 is 0 Å². The first kappa shape index (κ1) is 18.2. The number of imidazole rings is 1. The summed E-state index contributed by atoms with van der Waals surface area (Å²) in [7, 11) is 3.50. The van der Waals surface area contributed by atoms with Crippen molar-refractivity contribution in [1.29, 1.82) is 0 Å². The number of ether oxygens (including phenoxy) is 1. The Morgan fingerprint density at radius 3 is 3.04 bits per heavy atom. The summed E-state index contributed by atoms with van der Waals surface area (Å²) in [6.07, 6.45) is 3.04. The summed E-state index contributed by atoms with van der Waals surface area (Å²) in [6.45, 7) is 2.29. The Labute approximate surface area is 162 Å². The molecule has 9 heteroatoms. The van der Waals surface area contributed by atoms with Crippen LogP contribution in [0.5, 0.6) is 5.75 Å². The van der Waals surface area contributed by atoms with Crippen LogP contribution in [0.1, 0.15) is 11.6 Å². The highest BCUT2D eigenvalue weighted by atomic mass is 16.5. The lowest BCUT2D eigenvalue weighted by Crippen LogP contribution is -2.51. The van der Waals surface area contributed by atoms with Gasteiger partial charge in [0.15, 0.2) is 11.5 Å². The molecular weight excluding hydrogens is 358 g/mol. The van der Waals surface area contributed by atoms with Crippen molar-refractivity contribution < 1.29 is 9.53 Å². The Kier molecular flexibility index (Phi) is 5.07. The number of hydrogen-bond acceptors (Lipinski definition) is 7. The van der Waals surface area contributed by atoms with Gasteiger partial charge in [-0.05, 0) is 6.07 Å². The molecule has 1 saturated heterocycles. The zero-order valence-electron chi connectivity index (χ0n) is 15.9. The van der Waals surface area contributed by atoms with Gasteiger partial charge >= 0.3 is 0 Å². The van der Waals surface area contributed by atoms with Crippen molar-refractivity contribution in [2.45, 2.75) is 6.04 Å². The van der Waals surface area contributed by atoms with Crippen LogP contribution in [0.4, 0.5) is 5.82 Å². The first-order chi connectivity index (χ1) is 13.7. The van der Waals surface area contributed by atoms with Crippen LogP contribution in [0, 0.1) is 0 Å². The Hall–Kier alpha value is -3.20. The molecule has 1 aliphatic rings. The smallest absolute Gasteiger partial charge is 0.242 e. The van der Waals surface area contributed by atoms with Crippen LogP contribution in [0.15, 0.2) is 36.9 Å². The van der Waals surface area contributed by atoms with E-state index in [9.17, 15) is 4.79 Å². The van der Waals surface area contributed by atoms with E-state index in [0.29, 0.717) is 24.6 Å². The third-order valence-electron chi connectivity index (χ3n) is 5.00. The van der Waals surface area contributed by atoms with E-state index in [0.717, 1.165) is 23.4 Å². The Morgan fingerprint density at radius 1 is 1.32 bits per heavy atom. The summed E-state index contributed by atoms with van der Waals surface area (Å²) in [5, 5.41) is 3.38. The molecule has 0 radical (unpaired) electrons. The normalized spacial score (nSPS) is 16.9. The SMILES string of the molecule is COc1ccccc1C1CNCCN1C(=O)CN(C)c1ncnc2nc[nH]c12. The van der Waals surface area contributed by atoms with E-state index in [-0.39, 0.29) is 18.5 Å². The van der Waals surface area contributed by atoms with E-state index in [1.165, 1.54) is 6.33 Å². The number of benzene rings is 1. The first-order valence-electron chi connectivity index (χ1n) is 9.17. The molecule has 0 aliphatic carbocycles. The fraction of sp³-hybridized carbons (Fsp3) is 0.368. The van der Waals surface area contributed by atoms with Gasteiger partial charge in [-0.3, -0.25) is 4.79 Å². The predicted octanol–water partition coefficient (Wildman–Crippen LogP) is 0.971. The van der Waals surface area contributed by atoms with E-state index in [1.807, 2.05) is 41.1 Å². The Bertz CT molecular complexity index is 974. The molecule has 2 N–H and O–H groups in total. The molecule has 1 fully saturated rings. The summed E-state index contributed by atoms with van der Waals surface area (Å²) in [5.41, 5.74) is 2.31. The van der Waals surface area contributed by atoms with E-state index >= 15 is 0 Å². The number of rotatable bonds is 5. The molecule has 3 heterocycles. The molecule has 146 valence electrons. The number of para-hydroxylation sites is 1. The molecule has 1 aliphatic heterocycles. The lowest BCUT2D eigenvalue weighted by Gasteiger charge is -2.38. The maximum absolute atomic E-state index is 13.2. The van der Waals surface area contributed by atoms with E-state index in [4.69, 9.17) is 4.74 Å². The summed E-state index contributed by atoms with van der Waals surface area (Å²) < 4.78 is 5.51. The first-order valence-corrected chi connectivity index (χ1v) is 9.17. The zero-order valence-corrected chi connectivity index (χ0v) is 15.9. The van der Waals surface area contributed by atoms with Crippen molar-refractivity contribution in [2.75, 3.05) is 45.2 Å². The summed E-state index contributed by atoms with van der Waals surface area (Å²) >= 11 is 0. The van der Waals surface area contributed by atoms with Crippen LogP contribution in [0.3, 0.4) is 0 Å². The maximum Gasteiger partial charge on any atom is 0.242 e. The van der Waals surface area contributed by atoms with Gasteiger partial charge in [-0.1, -0.05) is 18.2 Å². The van der Waals surface area contributed by atoms with E-state index in [1.54, 1.807) is 13.4 Å². The number of piperazine rings is 1. The van der Waals surface area contributed by atoms with Gasteiger partial charge in [0.1, 0.15) is 17.6 Å². The van der Waals surface area contributed by atoms with Gasteiger partial charge in [-0.25, -0.2) is 15.0 Å². The number of hydrogen-bond donors (Lipinski definition) is 2. The second-order valence-corrected chi connectivity index (χ2v) is 6.70. The second kappa shape index (κ2) is 7.81. The van der Waals surface area contributed by atoms with Crippen LogP contribution in [-0.2, 0) is 4.79 Å². The van der Waals surface area contributed by atoms with E-state index in [2.05, 4.69) is 25.3 Å². The monoisotopic (exact) mass is 381 g/mol. The molecule has 0 saturated carbocycles. The number of nitrogens with zero attached hydrogens (tertiary/aromatic N) is 5. The molecule has 0 spiro atoms. The van der Waals surface area contributed by atoms with Crippen LogP contribution in [0.2, 0.25) is 0 Å². The number of aromatic amines is 1. The highest BCUT2D eigenvalue weighted by Crippen LogP contribution is 2.30. The fourth-order valence-electron chi connectivity index (χ4n) is 3.63. The van der Waals surface area contributed by atoms with Crippen molar-refractivity contribution in [2.24, 2.45) is 0 Å². The van der Waals surface area contributed by atoms with Crippen molar-refractivity contribution >= 4 is 22.9 Å².